The van der Waals surface area contributed by atoms with Crippen molar-refractivity contribution in [2.45, 2.75) is 24.3 Å². The molecule has 2 fully saturated rings. The van der Waals surface area contributed by atoms with Gasteiger partial charge >= 0.3 is 0 Å². The summed E-state index contributed by atoms with van der Waals surface area (Å²) in [4.78, 5) is 14.8. The van der Waals surface area contributed by atoms with Gasteiger partial charge in [-0.15, -0.1) is 12.4 Å². The molecule has 26 heavy (non-hydrogen) atoms. The summed E-state index contributed by atoms with van der Waals surface area (Å²) in [5.41, 5.74) is 8.54. The van der Waals surface area contributed by atoms with Crippen LogP contribution in [-0.4, -0.2) is 29.9 Å². The number of nitrogens with zero attached hydrogens (tertiary/aromatic N) is 1. The highest BCUT2D eigenvalue weighted by molar-refractivity contribution is 6.35. The lowest BCUT2D eigenvalue weighted by atomic mass is 9.95. The van der Waals surface area contributed by atoms with Gasteiger partial charge in [0.2, 0.25) is 5.91 Å². The molecule has 2 aromatic carbocycles. The molecule has 3 nitrogen and oxygen atoms in total. The van der Waals surface area contributed by atoms with Crippen LogP contribution in [0.25, 0.3) is 0 Å². The second-order valence-electron chi connectivity index (χ2n) is 7.04. The fourth-order valence-electron chi connectivity index (χ4n) is 3.91. The number of benzene rings is 2. The van der Waals surface area contributed by atoms with E-state index in [2.05, 4.69) is 12.1 Å². The van der Waals surface area contributed by atoms with Crippen LogP contribution < -0.4 is 5.73 Å². The summed E-state index contributed by atoms with van der Waals surface area (Å²) in [6.07, 6.45) is 0.849. The Balaban J connectivity index is 0.00000196. The van der Waals surface area contributed by atoms with E-state index in [9.17, 15) is 4.79 Å². The SMILES string of the molecule is Cl.N[C@@H]1CN(C(=O)C2CC2c2ccc(Cl)cc2Cl)C[C@H]1c1ccccc1. The fourth-order valence-corrected chi connectivity index (χ4v) is 4.46. The molecule has 1 saturated heterocycles. The van der Waals surface area contributed by atoms with Gasteiger partial charge in [-0.05, 0) is 35.6 Å². The summed E-state index contributed by atoms with van der Waals surface area (Å²) >= 11 is 12.3. The van der Waals surface area contributed by atoms with Crippen molar-refractivity contribution in [3.05, 3.63) is 69.7 Å². The number of carbonyl (C=O) groups is 1. The molecular formula is C20H21Cl3N2O. The van der Waals surface area contributed by atoms with Crippen LogP contribution in [-0.2, 0) is 4.79 Å². The van der Waals surface area contributed by atoms with E-state index in [1.165, 1.54) is 5.56 Å². The number of nitrogens with two attached hydrogens (primary N) is 1. The minimum absolute atomic E-state index is 0. The van der Waals surface area contributed by atoms with E-state index in [0.29, 0.717) is 23.1 Å². The Morgan fingerprint density at radius 1 is 1.04 bits per heavy atom. The van der Waals surface area contributed by atoms with Crippen LogP contribution in [0.15, 0.2) is 48.5 Å². The van der Waals surface area contributed by atoms with Crippen molar-refractivity contribution in [1.82, 2.24) is 4.90 Å². The van der Waals surface area contributed by atoms with Crippen molar-refractivity contribution < 1.29 is 4.79 Å². The third kappa shape index (κ3) is 3.72. The van der Waals surface area contributed by atoms with E-state index in [1.807, 2.05) is 35.2 Å². The molecule has 0 aromatic heterocycles. The number of likely N-dealkylation sites (tertiary alicyclic amines) is 1. The van der Waals surface area contributed by atoms with E-state index in [0.717, 1.165) is 12.0 Å². The highest BCUT2D eigenvalue weighted by Crippen LogP contribution is 2.51. The van der Waals surface area contributed by atoms with E-state index < -0.39 is 0 Å². The predicted molar refractivity (Wildman–Crippen MR) is 108 cm³/mol. The number of hydrogen-bond donors (Lipinski definition) is 1. The first kappa shape index (κ1) is 19.5. The van der Waals surface area contributed by atoms with Crippen LogP contribution in [0.4, 0.5) is 0 Å². The van der Waals surface area contributed by atoms with Gasteiger partial charge in [0, 0.05) is 41.0 Å². The maximum absolute atomic E-state index is 12.9. The molecule has 1 saturated carbocycles. The largest absolute Gasteiger partial charge is 0.340 e. The molecule has 2 N–H and O–H groups in total. The van der Waals surface area contributed by atoms with Crippen molar-refractivity contribution in [2.75, 3.05) is 13.1 Å². The van der Waals surface area contributed by atoms with Crippen LogP contribution in [0, 0.1) is 5.92 Å². The normalized spacial score (nSPS) is 27.1. The molecule has 2 aromatic rings. The topological polar surface area (TPSA) is 46.3 Å². The molecular weight excluding hydrogens is 391 g/mol. The van der Waals surface area contributed by atoms with Crippen LogP contribution in [0.2, 0.25) is 10.0 Å². The summed E-state index contributed by atoms with van der Waals surface area (Å²) in [7, 11) is 0. The molecule has 1 aliphatic heterocycles. The van der Waals surface area contributed by atoms with E-state index in [1.54, 1.807) is 6.07 Å². The maximum atomic E-state index is 12.9. The van der Waals surface area contributed by atoms with Crippen molar-refractivity contribution in [3.63, 3.8) is 0 Å². The van der Waals surface area contributed by atoms with E-state index in [-0.39, 0.29) is 42.1 Å². The van der Waals surface area contributed by atoms with Crippen LogP contribution in [0.5, 0.6) is 0 Å². The minimum atomic E-state index is -0.0114. The van der Waals surface area contributed by atoms with E-state index in [4.69, 9.17) is 28.9 Å². The fraction of sp³-hybridized carbons (Fsp3) is 0.350. The Morgan fingerprint density at radius 2 is 1.77 bits per heavy atom. The molecule has 138 valence electrons. The first-order valence-corrected chi connectivity index (χ1v) is 9.34. The Morgan fingerprint density at radius 3 is 2.46 bits per heavy atom. The first-order valence-electron chi connectivity index (χ1n) is 8.59. The summed E-state index contributed by atoms with van der Waals surface area (Å²) < 4.78 is 0. The Hall–Kier alpha value is -1.26. The van der Waals surface area contributed by atoms with E-state index >= 15 is 0 Å². The highest BCUT2D eigenvalue weighted by Gasteiger charge is 2.48. The van der Waals surface area contributed by atoms with Gasteiger partial charge in [0.25, 0.3) is 0 Å². The smallest absolute Gasteiger partial charge is 0.226 e. The Bertz CT molecular complexity index is 799. The second kappa shape index (κ2) is 7.77. The van der Waals surface area contributed by atoms with Gasteiger partial charge in [-0.1, -0.05) is 59.6 Å². The monoisotopic (exact) mass is 410 g/mol. The summed E-state index contributed by atoms with van der Waals surface area (Å²) in [5, 5.41) is 1.27. The quantitative estimate of drug-likeness (QED) is 0.810. The average Bonchev–Trinajstić information content (AvgIpc) is 3.29. The molecule has 0 bridgehead atoms. The Labute approximate surface area is 169 Å². The number of carbonyl (C=O) groups excluding carboxylic acids is 1. The Kier molecular flexibility index (Phi) is 5.83. The van der Waals surface area contributed by atoms with Gasteiger partial charge in [0.1, 0.15) is 0 Å². The molecule has 1 heterocycles. The van der Waals surface area contributed by atoms with Crippen molar-refractivity contribution in [1.29, 1.82) is 0 Å². The highest BCUT2D eigenvalue weighted by atomic mass is 35.5. The number of amides is 1. The van der Waals surface area contributed by atoms with Crippen LogP contribution in [0.3, 0.4) is 0 Å². The van der Waals surface area contributed by atoms with Crippen molar-refractivity contribution in [2.24, 2.45) is 11.7 Å². The number of halogens is 3. The molecule has 0 radical (unpaired) electrons. The van der Waals surface area contributed by atoms with Crippen LogP contribution >= 0.6 is 35.6 Å². The molecule has 0 spiro atoms. The number of hydrogen-bond acceptors (Lipinski definition) is 2. The molecule has 4 rings (SSSR count). The van der Waals surface area contributed by atoms with Gasteiger partial charge in [-0.2, -0.15) is 0 Å². The van der Waals surface area contributed by atoms with Gasteiger partial charge in [-0.3, -0.25) is 4.79 Å². The third-order valence-corrected chi connectivity index (χ3v) is 5.94. The standard InChI is InChI=1S/C20H20Cl2N2O.ClH/c21-13-6-7-14(18(22)8-13)15-9-16(15)20(25)24-10-17(19(23)11-24)12-4-2-1-3-5-12;/h1-8,15-17,19H,9-11,23H2;1H/t15?,16?,17-,19+;/m0./s1. The first-order chi connectivity index (χ1) is 12.0. The maximum Gasteiger partial charge on any atom is 0.226 e. The van der Waals surface area contributed by atoms with Gasteiger partial charge in [0.15, 0.2) is 0 Å². The van der Waals surface area contributed by atoms with Crippen LogP contribution in [0.1, 0.15) is 29.4 Å². The minimum Gasteiger partial charge on any atom is -0.340 e. The predicted octanol–water partition coefficient (Wildman–Crippen LogP) is 4.47. The third-order valence-electron chi connectivity index (χ3n) is 5.37. The van der Waals surface area contributed by atoms with Gasteiger partial charge in [-0.25, -0.2) is 0 Å². The van der Waals surface area contributed by atoms with Crippen molar-refractivity contribution >= 4 is 41.5 Å². The summed E-state index contributed by atoms with van der Waals surface area (Å²) in [5.74, 6) is 0.621. The summed E-state index contributed by atoms with van der Waals surface area (Å²) in [6.45, 7) is 1.32. The van der Waals surface area contributed by atoms with Gasteiger partial charge < -0.3 is 10.6 Å². The molecule has 1 amide bonds. The lowest BCUT2D eigenvalue weighted by molar-refractivity contribution is -0.131. The lowest BCUT2D eigenvalue weighted by Gasteiger charge is -2.17. The lowest BCUT2D eigenvalue weighted by Crippen LogP contribution is -2.33. The van der Waals surface area contributed by atoms with Crippen molar-refractivity contribution in [3.8, 4) is 0 Å². The molecule has 1 aliphatic carbocycles. The molecule has 4 atom stereocenters. The molecule has 2 unspecified atom stereocenters. The summed E-state index contributed by atoms with van der Waals surface area (Å²) in [6, 6.07) is 15.7. The number of rotatable bonds is 3. The second-order valence-corrected chi connectivity index (χ2v) is 7.88. The zero-order valence-electron chi connectivity index (χ0n) is 14.1. The van der Waals surface area contributed by atoms with Gasteiger partial charge in [0.05, 0.1) is 0 Å². The molecule has 6 heteroatoms. The zero-order valence-corrected chi connectivity index (χ0v) is 16.5. The molecule has 2 aliphatic rings. The average molecular weight is 412 g/mol. The zero-order chi connectivity index (χ0) is 17.6.